The van der Waals surface area contributed by atoms with Gasteiger partial charge in [-0.25, -0.2) is 9.18 Å². The number of aliphatic carboxylic acids is 1. The Morgan fingerprint density at radius 3 is 2.64 bits per heavy atom. The third-order valence-electron chi connectivity index (χ3n) is 2.15. The Balaban J connectivity index is 2.72. The maximum Gasteiger partial charge on any atom is 0.342 e. The van der Waals surface area contributed by atoms with E-state index in [0.717, 1.165) is 6.42 Å². The fourth-order valence-corrected chi connectivity index (χ4v) is 1.79. The van der Waals surface area contributed by atoms with Crippen LogP contribution in [0.15, 0.2) is 0 Å². The monoisotopic (exact) mass is 178 g/mol. The maximum absolute atomic E-state index is 13.4. The molecular weight excluding hydrogens is 167 g/mol. The standard InChI is InChI=1S/C7H11FO2S/c8-7(6(9)10)4-2-1-3-5(7)11/h5,11H,1-4H2,(H,9,10). The number of thiol groups is 1. The maximum atomic E-state index is 13.4. The second-order valence-corrected chi connectivity index (χ2v) is 3.55. The molecule has 0 spiro atoms. The van der Waals surface area contributed by atoms with Gasteiger partial charge in [-0.3, -0.25) is 0 Å². The zero-order valence-corrected chi connectivity index (χ0v) is 6.98. The molecule has 1 aliphatic carbocycles. The van der Waals surface area contributed by atoms with Gasteiger partial charge >= 0.3 is 5.97 Å². The van der Waals surface area contributed by atoms with E-state index >= 15 is 0 Å². The van der Waals surface area contributed by atoms with Crippen molar-refractivity contribution in [3.05, 3.63) is 0 Å². The van der Waals surface area contributed by atoms with E-state index in [1.807, 2.05) is 0 Å². The minimum absolute atomic E-state index is 0.108. The van der Waals surface area contributed by atoms with Gasteiger partial charge in [-0.2, -0.15) is 12.6 Å². The van der Waals surface area contributed by atoms with Crippen molar-refractivity contribution >= 4 is 18.6 Å². The lowest BCUT2D eigenvalue weighted by molar-refractivity contribution is -0.152. The number of alkyl halides is 1. The van der Waals surface area contributed by atoms with Gasteiger partial charge in [0.05, 0.1) is 0 Å². The number of carbonyl (C=O) groups is 1. The van der Waals surface area contributed by atoms with Crippen molar-refractivity contribution in [3.63, 3.8) is 0 Å². The highest BCUT2D eigenvalue weighted by Crippen LogP contribution is 2.35. The molecule has 0 heterocycles. The largest absolute Gasteiger partial charge is 0.479 e. The summed E-state index contributed by atoms with van der Waals surface area (Å²) in [5, 5.41) is 7.91. The summed E-state index contributed by atoms with van der Waals surface area (Å²) < 4.78 is 13.4. The molecule has 2 unspecified atom stereocenters. The molecule has 0 radical (unpaired) electrons. The van der Waals surface area contributed by atoms with E-state index in [1.54, 1.807) is 0 Å². The summed E-state index contributed by atoms with van der Waals surface area (Å²) in [5.41, 5.74) is -2.08. The van der Waals surface area contributed by atoms with Gasteiger partial charge in [0.15, 0.2) is 0 Å². The molecule has 0 aliphatic heterocycles. The van der Waals surface area contributed by atoms with Gasteiger partial charge in [-0.05, 0) is 19.3 Å². The van der Waals surface area contributed by atoms with Crippen LogP contribution in [0, 0.1) is 0 Å². The van der Waals surface area contributed by atoms with Crippen LogP contribution in [0.1, 0.15) is 25.7 Å². The van der Waals surface area contributed by atoms with Gasteiger partial charge in [0.1, 0.15) is 0 Å². The lowest BCUT2D eigenvalue weighted by atomic mass is 9.86. The molecule has 0 saturated heterocycles. The number of hydrogen-bond acceptors (Lipinski definition) is 2. The van der Waals surface area contributed by atoms with Gasteiger partial charge in [-0.1, -0.05) is 6.42 Å². The van der Waals surface area contributed by atoms with Crippen LogP contribution < -0.4 is 0 Å². The van der Waals surface area contributed by atoms with Gasteiger partial charge < -0.3 is 5.11 Å². The van der Waals surface area contributed by atoms with Crippen molar-refractivity contribution in [1.29, 1.82) is 0 Å². The minimum atomic E-state index is -2.08. The minimum Gasteiger partial charge on any atom is -0.479 e. The molecule has 0 bridgehead atoms. The Morgan fingerprint density at radius 1 is 1.64 bits per heavy atom. The molecule has 4 heteroatoms. The van der Waals surface area contributed by atoms with Crippen molar-refractivity contribution < 1.29 is 14.3 Å². The smallest absolute Gasteiger partial charge is 0.342 e. The molecule has 64 valence electrons. The highest BCUT2D eigenvalue weighted by atomic mass is 32.1. The van der Waals surface area contributed by atoms with Crippen LogP contribution in [0.2, 0.25) is 0 Å². The second-order valence-electron chi connectivity index (χ2n) is 2.93. The van der Waals surface area contributed by atoms with Crippen molar-refractivity contribution in [3.8, 4) is 0 Å². The molecular formula is C7H11FO2S. The summed E-state index contributed by atoms with van der Waals surface area (Å²) in [4.78, 5) is 10.5. The first-order valence-corrected chi connectivity index (χ1v) is 4.19. The number of rotatable bonds is 1. The Labute approximate surface area is 70.2 Å². The van der Waals surface area contributed by atoms with Crippen LogP contribution in [-0.2, 0) is 4.79 Å². The van der Waals surface area contributed by atoms with Gasteiger partial charge in [-0.15, -0.1) is 0 Å². The van der Waals surface area contributed by atoms with E-state index in [9.17, 15) is 9.18 Å². The fraction of sp³-hybridized carbons (Fsp3) is 0.857. The third-order valence-corrected chi connectivity index (χ3v) is 2.82. The molecule has 1 rings (SSSR count). The fourth-order valence-electron chi connectivity index (χ4n) is 1.36. The molecule has 0 aromatic rings. The molecule has 2 nitrogen and oxygen atoms in total. The van der Waals surface area contributed by atoms with E-state index in [-0.39, 0.29) is 6.42 Å². The Hall–Kier alpha value is -0.250. The topological polar surface area (TPSA) is 37.3 Å². The van der Waals surface area contributed by atoms with Crippen LogP contribution in [0.4, 0.5) is 4.39 Å². The SMILES string of the molecule is O=C(O)C1(F)CCCCC1S. The highest BCUT2D eigenvalue weighted by molar-refractivity contribution is 7.81. The molecule has 11 heavy (non-hydrogen) atoms. The van der Waals surface area contributed by atoms with Gasteiger partial charge in [0, 0.05) is 5.25 Å². The number of carboxylic acids is 1. The molecule has 1 N–H and O–H groups in total. The molecule has 1 saturated carbocycles. The van der Waals surface area contributed by atoms with Crippen molar-refractivity contribution in [2.45, 2.75) is 36.6 Å². The molecule has 1 fully saturated rings. The zero-order valence-electron chi connectivity index (χ0n) is 6.09. The molecule has 0 amide bonds. The quantitative estimate of drug-likeness (QED) is 0.599. The van der Waals surface area contributed by atoms with E-state index in [2.05, 4.69) is 12.6 Å². The highest BCUT2D eigenvalue weighted by Gasteiger charge is 2.46. The number of hydrogen-bond donors (Lipinski definition) is 2. The van der Waals surface area contributed by atoms with Gasteiger partial charge in [0.25, 0.3) is 0 Å². The summed E-state index contributed by atoms with van der Waals surface area (Å²) >= 11 is 3.93. The summed E-state index contributed by atoms with van der Waals surface area (Å²) in [6.07, 6.45) is 2.20. The second kappa shape index (κ2) is 3.01. The zero-order chi connectivity index (χ0) is 8.48. The van der Waals surface area contributed by atoms with Crippen molar-refractivity contribution in [1.82, 2.24) is 0 Å². The lowest BCUT2D eigenvalue weighted by Crippen LogP contribution is -2.44. The summed E-state index contributed by atoms with van der Waals surface area (Å²) in [6, 6.07) is 0. The van der Waals surface area contributed by atoms with Crippen molar-refractivity contribution in [2.24, 2.45) is 0 Å². The van der Waals surface area contributed by atoms with E-state index < -0.39 is 16.9 Å². The van der Waals surface area contributed by atoms with E-state index in [4.69, 9.17) is 5.11 Å². The van der Waals surface area contributed by atoms with Gasteiger partial charge in [0.2, 0.25) is 5.67 Å². The summed E-state index contributed by atoms with van der Waals surface area (Å²) in [5.74, 6) is -1.36. The summed E-state index contributed by atoms with van der Waals surface area (Å²) in [6.45, 7) is 0. The van der Waals surface area contributed by atoms with Crippen LogP contribution in [0.5, 0.6) is 0 Å². The van der Waals surface area contributed by atoms with Crippen LogP contribution in [0.3, 0.4) is 0 Å². The average Bonchev–Trinajstić information content (AvgIpc) is 1.95. The summed E-state index contributed by atoms with van der Waals surface area (Å²) in [7, 11) is 0. The van der Waals surface area contributed by atoms with E-state index in [0.29, 0.717) is 12.8 Å². The predicted molar refractivity (Wildman–Crippen MR) is 42.7 cm³/mol. The number of halogens is 1. The Bertz CT molecular complexity index is 174. The van der Waals surface area contributed by atoms with Crippen LogP contribution in [-0.4, -0.2) is 22.0 Å². The van der Waals surface area contributed by atoms with Crippen LogP contribution in [0.25, 0.3) is 0 Å². The Kier molecular flexibility index (Phi) is 2.42. The predicted octanol–water partition coefficient (Wildman–Crippen LogP) is 1.65. The molecule has 0 aromatic heterocycles. The van der Waals surface area contributed by atoms with E-state index in [1.165, 1.54) is 0 Å². The van der Waals surface area contributed by atoms with Crippen molar-refractivity contribution in [2.75, 3.05) is 0 Å². The first kappa shape index (κ1) is 8.84. The molecule has 2 atom stereocenters. The molecule has 1 aliphatic rings. The average molecular weight is 178 g/mol. The molecule has 0 aromatic carbocycles. The van der Waals surface area contributed by atoms with Crippen LogP contribution >= 0.6 is 12.6 Å². The first-order chi connectivity index (χ1) is 5.07. The Morgan fingerprint density at radius 2 is 2.27 bits per heavy atom. The number of carboxylic acid groups (broad SMARTS) is 1. The lowest BCUT2D eigenvalue weighted by Gasteiger charge is -2.30. The first-order valence-electron chi connectivity index (χ1n) is 3.68. The normalized spacial score (nSPS) is 38.5. The third kappa shape index (κ3) is 1.50.